The van der Waals surface area contributed by atoms with Gasteiger partial charge in [0.2, 0.25) is 0 Å². The van der Waals surface area contributed by atoms with Gasteiger partial charge in [0.25, 0.3) is 11.8 Å². The molecule has 0 bridgehead atoms. The van der Waals surface area contributed by atoms with E-state index in [0.717, 1.165) is 0 Å². The summed E-state index contributed by atoms with van der Waals surface area (Å²) in [4.78, 5) is 24.0. The summed E-state index contributed by atoms with van der Waals surface area (Å²) >= 11 is 0. The van der Waals surface area contributed by atoms with E-state index < -0.39 is 5.91 Å². The fourth-order valence-corrected chi connectivity index (χ4v) is 2.19. The number of ether oxygens (including phenoxy) is 1. The zero-order chi connectivity index (χ0) is 18.4. The van der Waals surface area contributed by atoms with Gasteiger partial charge in [-0.25, -0.2) is 0 Å². The Labute approximate surface area is 145 Å². The average Bonchev–Trinajstić information content (AvgIpc) is 2.99. The normalized spacial score (nSPS) is 10.3. The van der Waals surface area contributed by atoms with Gasteiger partial charge in [-0.3, -0.25) is 14.7 Å². The molecule has 4 N–H and O–H groups in total. The number of terminal acetylenes is 1. The molecule has 0 aliphatic rings. The molecule has 0 unspecified atom stereocenters. The highest BCUT2D eigenvalue weighted by molar-refractivity contribution is 6.08. The van der Waals surface area contributed by atoms with Gasteiger partial charge in [0.1, 0.15) is 5.75 Å². The van der Waals surface area contributed by atoms with Crippen LogP contribution in [0.25, 0.3) is 0 Å². The lowest BCUT2D eigenvalue weighted by Crippen LogP contribution is -2.18. The van der Waals surface area contributed by atoms with Crippen LogP contribution in [0.2, 0.25) is 0 Å². The summed E-state index contributed by atoms with van der Waals surface area (Å²) in [5.74, 6) is 2.05. The second-order valence-corrected chi connectivity index (χ2v) is 5.66. The minimum atomic E-state index is -0.712. The second kappa shape index (κ2) is 8.02. The number of nitrogens with one attached hydrogen (secondary N) is 2. The lowest BCUT2D eigenvalue weighted by molar-refractivity contribution is 0.0996. The van der Waals surface area contributed by atoms with Gasteiger partial charge >= 0.3 is 0 Å². The summed E-state index contributed by atoms with van der Waals surface area (Å²) < 4.78 is 5.44. The molecule has 0 fully saturated rings. The summed E-state index contributed by atoms with van der Waals surface area (Å²) in [7, 11) is 0. The number of hydrogen-bond acceptors (Lipinski definition) is 4. The standard InChI is InChI=1S/C18H20N4O3/c1-4-5-10-25-13-8-6-12(7-9-13)18(24)20-15-14(11(2)3)21-22-16(15)17(19)23/h1,6-9,11H,5,10H2,2-3H3,(H2,19,23)(H,20,24)(H,21,22). The predicted molar refractivity (Wildman–Crippen MR) is 94.5 cm³/mol. The maximum Gasteiger partial charge on any atom is 0.271 e. The Balaban J connectivity index is 2.16. The zero-order valence-corrected chi connectivity index (χ0v) is 14.1. The number of aromatic nitrogens is 2. The Morgan fingerprint density at radius 2 is 2.04 bits per heavy atom. The van der Waals surface area contributed by atoms with Crippen molar-refractivity contribution in [1.82, 2.24) is 10.2 Å². The number of benzene rings is 1. The molecule has 0 aliphatic heterocycles. The van der Waals surface area contributed by atoms with Gasteiger partial charge in [0, 0.05) is 12.0 Å². The van der Waals surface area contributed by atoms with E-state index in [9.17, 15) is 9.59 Å². The number of carbonyl (C=O) groups excluding carboxylic acids is 2. The largest absolute Gasteiger partial charge is 0.493 e. The highest BCUT2D eigenvalue weighted by Crippen LogP contribution is 2.26. The minimum Gasteiger partial charge on any atom is -0.493 e. The molecule has 2 aromatic rings. The SMILES string of the molecule is C#CCCOc1ccc(C(=O)Nc2c(C(N)=O)n[nH]c2C(C)C)cc1. The van der Waals surface area contributed by atoms with Gasteiger partial charge in [-0.2, -0.15) is 5.10 Å². The van der Waals surface area contributed by atoms with Gasteiger partial charge in [-0.05, 0) is 30.2 Å². The maximum absolute atomic E-state index is 12.5. The van der Waals surface area contributed by atoms with Crippen molar-refractivity contribution in [3.63, 3.8) is 0 Å². The number of amides is 2. The lowest BCUT2D eigenvalue weighted by atomic mass is 10.1. The Bertz CT molecular complexity index is 801. The molecule has 0 atom stereocenters. The molecule has 1 aromatic heterocycles. The van der Waals surface area contributed by atoms with E-state index in [1.165, 1.54) is 0 Å². The number of H-pyrrole nitrogens is 1. The minimum absolute atomic E-state index is 0.00582. The van der Waals surface area contributed by atoms with Crippen LogP contribution >= 0.6 is 0 Å². The van der Waals surface area contributed by atoms with Gasteiger partial charge in [0.05, 0.1) is 18.0 Å². The smallest absolute Gasteiger partial charge is 0.271 e. The van der Waals surface area contributed by atoms with Gasteiger partial charge in [-0.15, -0.1) is 12.3 Å². The second-order valence-electron chi connectivity index (χ2n) is 5.66. The van der Waals surface area contributed by atoms with Crippen LogP contribution in [0, 0.1) is 12.3 Å². The quantitative estimate of drug-likeness (QED) is 0.530. The van der Waals surface area contributed by atoms with E-state index in [-0.39, 0.29) is 17.5 Å². The van der Waals surface area contributed by atoms with E-state index >= 15 is 0 Å². The summed E-state index contributed by atoms with van der Waals surface area (Å²) in [6, 6.07) is 6.61. The highest BCUT2D eigenvalue weighted by atomic mass is 16.5. The van der Waals surface area contributed by atoms with Crippen molar-refractivity contribution in [2.24, 2.45) is 5.73 Å². The molecule has 25 heavy (non-hydrogen) atoms. The third kappa shape index (κ3) is 4.38. The van der Waals surface area contributed by atoms with Crippen LogP contribution in [0.4, 0.5) is 5.69 Å². The van der Waals surface area contributed by atoms with Crippen LogP contribution in [0.3, 0.4) is 0 Å². The van der Waals surface area contributed by atoms with E-state index in [0.29, 0.717) is 35.7 Å². The number of nitrogens with zero attached hydrogens (tertiary/aromatic N) is 1. The summed E-state index contributed by atoms with van der Waals surface area (Å²) in [5, 5.41) is 9.35. The summed E-state index contributed by atoms with van der Waals surface area (Å²) in [5.41, 5.74) is 6.68. The Morgan fingerprint density at radius 3 is 2.60 bits per heavy atom. The molecular formula is C18H20N4O3. The molecular weight excluding hydrogens is 320 g/mol. The number of hydrogen-bond donors (Lipinski definition) is 3. The average molecular weight is 340 g/mol. The Hall–Kier alpha value is -3.27. The van der Waals surface area contributed by atoms with Crippen molar-refractivity contribution in [3.8, 4) is 18.1 Å². The van der Waals surface area contributed by atoms with E-state index in [1.54, 1.807) is 24.3 Å². The number of anilines is 1. The topological polar surface area (TPSA) is 110 Å². The molecule has 130 valence electrons. The first-order valence-electron chi connectivity index (χ1n) is 7.79. The molecule has 0 saturated heterocycles. The third-order valence-electron chi connectivity index (χ3n) is 3.48. The Kier molecular flexibility index (Phi) is 5.79. The van der Waals surface area contributed by atoms with Crippen molar-refractivity contribution in [1.29, 1.82) is 0 Å². The molecule has 1 aromatic carbocycles. The van der Waals surface area contributed by atoms with Crippen molar-refractivity contribution in [2.75, 3.05) is 11.9 Å². The molecule has 0 radical (unpaired) electrons. The van der Waals surface area contributed by atoms with Crippen molar-refractivity contribution >= 4 is 17.5 Å². The number of aromatic amines is 1. The molecule has 2 rings (SSSR count). The van der Waals surface area contributed by atoms with Crippen LogP contribution in [0.15, 0.2) is 24.3 Å². The molecule has 7 heteroatoms. The van der Waals surface area contributed by atoms with Crippen LogP contribution in [0.5, 0.6) is 5.75 Å². The summed E-state index contributed by atoms with van der Waals surface area (Å²) in [6.07, 6.45) is 5.67. The molecule has 2 amide bonds. The van der Waals surface area contributed by atoms with Crippen LogP contribution in [-0.4, -0.2) is 28.6 Å². The van der Waals surface area contributed by atoms with E-state index in [2.05, 4.69) is 21.4 Å². The summed E-state index contributed by atoms with van der Waals surface area (Å²) in [6.45, 7) is 4.24. The van der Waals surface area contributed by atoms with Crippen molar-refractivity contribution in [2.45, 2.75) is 26.2 Å². The first-order valence-corrected chi connectivity index (χ1v) is 7.79. The highest BCUT2D eigenvalue weighted by Gasteiger charge is 2.21. The lowest BCUT2D eigenvalue weighted by Gasteiger charge is -2.10. The molecule has 7 nitrogen and oxygen atoms in total. The first kappa shape index (κ1) is 18.1. The van der Waals surface area contributed by atoms with E-state index in [4.69, 9.17) is 16.9 Å². The third-order valence-corrected chi connectivity index (χ3v) is 3.48. The predicted octanol–water partition coefficient (Wildman–Crippen LogP) is 2.29. The van der Waals surface area contributed by atoms with Gasteiger partial charge in [0.15, 0.2) is 5.69 Å². The van der Waals surface area contributed by atoms with Gasteiger partial charge < -0.3 is 15.8 Å². The van der Waals surface area contributed by atoms with Crippen LogP contribution < -0.4 is 15.8 Å². The van der Waals surface area contributed by atoms with E-state index in [1.807, 2.05) is 13.8 Å². The number of carbonyl (C=O) groups is 2. The molecule has 0 aliphatic carbocycles. The number of rotatable bonds is 7. The Morgan fingerprint density at radius 1 is 1.36 bits per heavy atom. The fourth-order valence-electron chi connectivity index (χ4n) is 2.19. The van der Waals surface area contributed by atoms with Gasteiger partial charge in [-0.1, -0.05) is 13.8 Å². The number of primary amides is 1. The molecule has 0 spiro atoms. The van der Waals surface area contributed by atoms with Crippen LogP contribution in [0.1, 0.15) is 52.7 Å². The first-order chi connectivity index (χ1) is 11.9. The van der Waals surface area contributed by atoms with Crippen LogP contribution in [-0.2, 0) is 0 Å². The monoisotopic (exact) mass is 340 g/mol. The van der Waals surface area contributed by atoms with Crippen molar-refractivity contribution < 1.29 is 14.3 Å². The molecule has 0 saturated carbocycles. The fraction of sp³-hybridized carbons (Fsp3) is 0.278. The van der Waals surface area contributed by atoms with Crippen molar-refractivity contribution in [3.05, 3.63) is 41.2 Å². The zero-order valence-electron chi connectivity index (χ0n) is 14.1. The number of nitrogens with two attached hydrogens (primary N) is 1. The maximum atomic E-state index is 12.5. The molecule has 1 heterocycles.